The molecule has 2 rings (SSSR count). The molecule has 0 unspecified atom stereocenters. The Balaban J connectivity index is 2.35. The van der Waals surface area contributed by atoms with Crippen LogP contribution in [-0.4, -0.2) is 18.1 Å². The van der Waals surface area contributed by atoms with Gasteiger partial charge in [-0.15, -0.1) is 0 Å². The van der Waals surface area contributed by atoms with Crippen LogP contribution in [0.1, 0.15) is 11.3 Å². The predicted octanol–water partition coefficient (Wildman–Crippen LogP) is 2.91. The lowest BCUT2D eigenvalue weighted by Gasteiger charge is -2.06. The van der Waals surface area contributed by atoms with Crippen molar-refractivity contribution in [3.05, 3.63) is 53.5 Å². The highest BCUT2D eigenvalue weighted by Gasteiger charge is 2.07. The maximum Gasteiger partial charge on any atom is 0.309 e. The van der Waals surface area contributed by atoms with E-state index in [1.807, 2.05) is 19.1 Å². The number of methoxy groups -OCH3 is 1. The number of pyridine rings is 1. The van der Waals surface area contributed by atoms with Crippen LogP contribution in [0.25, 0.3) is 11.3 Å². The summed E-state index contributed by atoms with van der Waals surface area (Å²) >= 11 is 0. The Bertz CT molecular complexity index is 594. The number of rotatable bonds is 3. The number of halogens is 1. The Hall–Kier alpha value is -2.23. The molecule has 0 fully saturated rings. The molecule has 0 N–H and O–H groups in total. The van der Waals surface area contributed by atoms with Gasteiger partial charge in [-0.05, 0) is 48.9 Å². The Morgan fingerprint density at radius 1 is 1.26 bits per heavy atom. The molecule has 0 aliphatic carbocycles. The van der Waals surface area contributed by atoms with Crippen LogP contribution in [0, 0.1) is 12.7 Å². The smallest absolute Gasteiger partial charge is 0.309 e. The molecule has 19 heavy (non-hydrogen) atoms. The van der Waals surface area contributed by atoms with Crippen molar-refractivity contribution >= 4 is 5.97 Å². The fraction of sp³-hybridized carbons (Fsp3) is 0.200. The lowest BCUT2D eigenvalue weighted by Crippen LogP contribution is -2.05. The van der Waals surface area contributed by atoms with Crippen LogP contribution >= 0.6 is 0 Å². The highest BCUT2D eigenvalue weighted by molar-refractivity contribution is 5.73. The molecule has 0 amide bonds. The van der Waals surface area contributed by atoms with E-state index in [-0.39, 0.29) is 18.2 Å². The van der Waals surface area contributed by atoms with Gasteiger partial charge in [0.05, 0.1) is 19.2 Å². The van der Waals surface area contributed by atoms with Gasteiger partial charge in [-0.1, -0.05) is 0 Å². The second kappa shape index (κ2) is 5.61. The summed E-state index contributed by atoms with van der Waals surface area (Å²) in [6.07, 6.45) is 0.202. The maximum atomic E-state index is 12.9. The van der Waals surface area contributed by atoms with Gasteiger partial charge >= 0.3 is 5.97 Å². The molecular formula is C15H14FNO2. The van der Waals surface area contributed by atoms with Crippen molar-refractivity contribution in [2.75, 3.05) is 7.11 Å². The molecule has 3 nitrogen and oxygen atoms in total. The van der Waals surface area contributed by atoms with Crippen molar-refractivity contribution < 1.29 is 13.9 Å². The predicted molar refractivity (Wildman–Crippen MR) is 70.1 cm³/mol. The van der Waals surface area contributed by atoms with E-state index in [4.69, 9.17) is 0 Å². The van der Waals surface area contributed by atoms with Crippen LogP contribution < -0.4 is 0 Å². The van der Waals surface area contributed by atoms with Gasteiger partial charge in [-0.2, -0.15) is 0 Å². The molecule has 0 atom stereocenters. The van der Waals surface area contributed by atoms with E-state index in [2.05, 4.69) is 9.72 Å². The fourth-order valence-electron chi connectivity index (χ4n) is 1.85. The summed E-state index contributed by atoms with van der Waals surface area (Å²) in [5.74, 6) is -0.582. The number of esters is 1. The van der Waals surface area contributed by atoms with E-state index < -0.39 is 0 Å². The summed E-state index contributed by atoms with van der Waals surface area (Å²) in [6.45, 7) is 1.85. The van der Waals surface area contributed by atoms with E-state index in [1.165, 1.54) is 19.2 Å². The van der Waals surface area contributed by atoms with Crippen molar-refractivity contribution in [1.82, 2.24) is 4.98 Å². The number of ether oxygens (including phenoxy) is 1. The van der Waals surface area contributed by atoms with Gasteiger partial charge in [0.1, 0.15) is 5.82 Å². The zero-order valence-corrected chi connectivity index (χ0v) is 10.8. The van der Waals surface area contributed by atoms with Crippen LogP contribution in [0.15, 0.2) is 36.4 Å². The normalized spacial score (nSPS) is 10.3. The molecule has 2 aromatic rings. The Morgan fingerprint density at radius 2 is 1.95 bits per heavy atom. The molecule has 4 heteroatoms. The van der Waals surface area contributed by atoms with Crippen LogP contribution in [-0.2, 0) is 16.0 Å². The minimum Gasteiger partial charge on any atom is -0.469 e. The number of carbonyl (C=O) groups excluding carboxylic acids is 1. The lowest BCUT2D eigenvalue weighted by atomic mass is 10.1. The number of benzene rings is 1. The standard InChI is InChI=1S/C15H14FNO2/c1-10-7-11(9-15(18)19-2)8-14(17-10)12-3-5-13(16)6-4-12/h3-8H,9H2,1-2H3. The average molecular weight is 259 g/mol. The molecule has 0 aliphatic rings. The third kappa shape index (κ3) is 3.37. The van der Waals surface area contributed by atoms with Crippen molar-refractivity contribution in [2.24, 2.45) is 0 Å². The van der Waals surface area contributed by atoms with Gasteiger partial charge < -0.3 is 4.74 Å². The maximum absolute atomic E-state index is 12.9. The van der Waals surface area contributed by atoms with Crippen LogP contribution in [0.5, 0.6) is 0 Å². The average Bonchev–Trinajstić information content (AvgIpc) is 2.38. The van der Waals surface area contributed by atoms with Crippen molar-refractivity contribution in [2.45, 2.75) is 13.3 Å². The largest absolute Gasteiger partial charge is 0.469 e. The molecule has 0 spiro atoms. The molecule has 0 aliphatic heterocycles. The van der Waals surface area contributed by atoms with Gasteiger partial charge in [-0.25, -0.2) is 4.39 Å². The van der Waals surface area contributed by atoms with Gasteiger partial charge in [-0.3, -0.25) is 9.78 Å². The highest BCUT2D eigenvalue weighted by Crippen LogP contribution is 2.20. The first-order valence-corrected chi connectivity index (χ1v) is 5.89. The summed E-state index contributed by atoms with van der Waals surface area (Å²) in [5, 5.41) is 0. The third-order valence-corrected chi connectivity index (χ3v) is 2.73. The molecule has 1 heterocycles. The fourth-order valence-corrected chi connectivity index (χ4v) is 1.85. The van der Waals surface area contributed by atoms with Crippen molar-refractivity contribution in [3.8, 4) is 11.3 Å². The first-order valence-electron chi connectivity index (χ1n) is 5.89. The van der Waals surface area contributed by atoms with E-state index >= 15 is 0 Å². The summed E-state index contributed by atoms with van der Waals surface area (Å²) in [6, 6.07) is 9.76. The summed E-state index contributed by atoms with van der Waals surface area (Å²) in [4.78, 5) is 15.7. The number of carbonyl (C=O) groups is 1. The number of aromatic nitrogens is 1. The number of nitrogens with zero attached hydrogens (tertiary/aromatic N) is 1. The zero-order valence-electron chi connectivity index (χ0n) is 10.8. The molecule has 0 radical (unpaired) electrons. The van der Waals surface area contributed by atoms with E-state index in [0.717, 1.165) is 22.5 Å². The quantitative estimate of drug-likeness (QED) is 0.795. The molecular weight excluding hydrogens is 245 g/mol. The minimum absolute atomic E-state index is 0.202. The van der Waals surface area contributed by atoms with Gasteiger partial charge in [0.2, 0.25) is 0 Å². The summed E-state index contributed by atoms with van der Waals surface area (Å²) < 4.78 is 17.5. The molecule has 0 saturated carbocycles. The molecule has 0 saturated heterocycles. The number of hydrogen-bond donors (Lipinski definition) is 0. The number of aryl methyl sites for hydroxylation is 1. The Kier molecular flexibility index (Phi) is 3.90. The zero-order chi connectivity index (χ0) is 13.8. The summed E-state index contributed by atoms with van der Waals surface area (Å²) in [7, 11) is 1.36. The topological polar surface area (TPSA) is 39.2 Å². The van der Waals surface area contributed by atoms with Gasteiger partial charge in [0.15, 0.2) is 0 Å². The monoisotopic (exact) mass is 259 g/mol. The SMILES string of the molecule is COC(=O)Cc1cc(C)nc(-c2ccc(F)cc2)c1. The van der Waals surface area contributed by atoms with Crippen LogP contribution in [0.2, 0.25) is 0 Å². The Morgan fingerprint density at radius 3 is 2.58 bits per heavy atom. The van der Waals surface area contributed by atoms with Crippen molar-refractivity contribution in [1.29, 1.82) is 0 Å². The van der Waals surface area contributed by atoms with E-state index in [0.29, 0.717) is 0 Å². The first-order chi connectivity index (χ1) is 9.08. The van der Waals surface area contributed by atoms with Crippen LogP contribution in [0.3, 0.4) is 0 Å². The lowest BCUT2D eigenvalue weighted by molar-refractivity contribution is -0.139. The van der Waals surface area contributed by atoms with Gasteiger partial charge in [0, 0.05) is 11.3 Å². The minimum atomic E-state index is -0.296. The number of hydrogen-bond acceptors (Lipinski definition) is 3. The molecule has 1 aromatic carbocycles. The molecule has 0 bridgehead atoms. The van der Waals surface area contributed by atoms with E-state index in [9.17, 15) is 9.18 Å². The first kappa shape index (κ1) is 13.2. The summed E-state index contributed by atoms with van der Waals surface area (Å²) in [5.41, 5.74) is 3.18. The third-order valence-electron chi connectivity index (χ3n) is 2.73. The van der Waals surface area contributed by atoms with Gasteiger partial charge in [0.25, 0.3) is 0 Å². The molecule has 98 valence electrons. The second-order valence-electron chi connectivity index (χ2n) is 4.26. The van der Waals surface area contributed by atoms with Crippen molar-refractivity contribution in [3.63, 3.8) is 0 Å². The highest BCUT2D eigenvalue weighted by atomic mass is 19.1. The second-order valence-corrected chi connectivity index (χ2v) is 4.26. The molecule has 1 aromatic heterocycles. The van der Waals surface area contributed by atoms with E-state index in [1.54, 1.807) is 12.1 Å². The Labute approximate surface area is 111 Å². The van der Waals surface area contributed by atoms with Crippen LogP contribution in [0.4, 0.5) is 4.39 Å².